The van der Waals surface area contributed by atoms with E-state index < -0.39 is 5.97 Å². The summed E-state index contributed by atoms with van der Waals surface area (Å²) in [4.78, 5) is 10.8. The van der Waals surface area contributed by atoms with Crippen molar-refractivity contribution in [2.45, 2.75) is 6.92 Å². The molecule has 0 aliphatic heterocycles. The fraction of sp³-hybridized carbons (Fsp3) is 0.100. The normalized spacial score (nSPS) is 10.7. The van der Waals surface area contributed by atoms with Crippen LogP contribution in [-0.2, 0) is 0 Å². The summed E-state index contributed by atoms with van der Waals surface area (Å²) in [6.45, 7) is 1.94. The molecule has 1 N–H and O–H groups in total. The minimum atomic E-state index is -1.06. The zero-order valence-electron chi connectivity index (χ0n) is 7.37. The number of carboxylic acids is 1. The molecule has 0 unspecified atom stereocenters. The number of benzene rings is 1. The Bertz CT molecular complexity index is 513. The van der Waals surface area contributed by atoms with E-state index in [0.29, 0.717) is 10.1 Å². The molecule has 0 radical (unpaired) electrons. The van der Waals surface area contributed by atoms with E-state index in [1.54, 1.807) is 6.07 Å². The highest BCUT2D eigenvalue weighted by molar-refractivity contribution is 9.10. The number of rotatable bonds is 1. The molecule has 0 spiro atoms. The van der Waals surface area contributed by atoms with Crippen molar-refractivity contribution in [1.29, 1.82) is 0 Å². The second kappa shape index (κ2) is 3.13. The van der Waals surface area contributed by atoms with Gasteiger partial charge in [0.1, 0.15) is 5.58 Å². The van der Waals surface area contributed by atoms with Crippen LogP contribution < -0.4 is 0 Å². The summed E-state index contributed by atoms with van der Waals surface area (Å²) >= 11 is 3.21. The number of furan rings is 1. The van der Waals surface area contributed by atoms with E-state index in [1.807, 2.05) is 19.1 Å². The molecule has 0 saturated carbocycles. The van der Waals surface area contributed by atoms with Gasteiger partial charge in [0.25, 0.3) is 0 Å². The lowest BCUT2D eigenvalue weighted by Gasteiger charge is -1.90. The molecule has 0 aliphatic carbocycles. The SMILES string of the molecule is Cc1ccc2oc(C(=O)O)c(Br)c2c1. The van der Waals surface area contributed by atoms with Crippen LogP contribution in [0.5, 0.6) is 0 Å². The maximum Gasteiger partial charge on any atom is 0.373 e. The smallest absolute Gasteiger partial charge is 0.373 e. The molecule has 14 heavy (non-hydrogen) atoms. The Morgan fingerprint density at radius 2 is 2.21 bits per heavy atom. The zero-order chi connectivity index (χ0) is 10.3. The van der Waals surface area contributed by atoms with Crippen LogP contribution in [0.4, 0.5) is 0 Å². The first kappa shape index (κ1) is 9.27. The van der Waals surface area contributed by atoms with E-state index >= 15 is 0 Å². The molecule has 0 fully saturated rings. The molecule has 0 atom stereocenters. The first-order valence-electron chi connectivity index (χ1n) is 4.01. The van der Waals surface area contributed by atoms with Gasteiger partial charge in [0, 0.05) is 5.39 Å². The predicted octanol–water partition coefficient (Wildman–Crippen LogP) is 3.20. The van der Waals surface area contributed by atoms with Gasteiger partial charge in [-0.2, -0.15) is 0 Å². The Kier molecular flexibility index (Phi) is 2.07. The number of aryl methyl sites for hydroxylation is 1. The molecule has 2 rings (SSSR count). The van der Waals surface area contributed by atoms with E-state index in [1.165, 1.54) is 0 Å². The molecule has 0 amide bonds. The van der Waals surface area contributed by atoms with Crippen LogP contribution in [0.15, 0.2) is 27.1 Å². The first-order valence-corrected chi connectivity index (χ1v) is 4.81. The number of hydrogen-bond acceptors (Lipinski definition) is 2. The van der Waals surface area contributed by atoms with E-state index in [2.05, 4.69) is 15.9 Å². The van der Waals surface area contributed by atoms with Crippen molar-refractivity contribution in [3.8, 4) is 0 Å². The number of hydrogen-bond donors (Lipinski definition) is 1. The average molecular weight is 255 g/mol. The lowest BCUT2D eigenvalue weighted by molar-refractivity contribution is 0.0663. The van der Waals surface area contributed by atoms with Crippen LogP contribution in [0.25, 0.3) is 11.0 Å². The predicted molar refractivity (Wildman–Crippen MR) is 55.6 cm³/mol. The minimum absolute atomic E-state index is 0.0504. The number of halogens is 1. The van der Waals surface area contributed by atoms with E-state index in [9.17, 15) is 4.79 Å². The maximum atomic E-state index is 10.8. The van der Waals surface area contributed by atoms with Crippen LogP contribution in [0.1, 0.15) is 16.1 Å². The molecule has 0 bridgehead atoms. The van der Waals surface area contributed by atoms with E-state index in [-0.39, 0.29) is 5.76 Å². The number of aromatic carboxylic acids is 1. The molecule has 72 valence electrons. The Morgan fingerprint density at radius 3 is 2.86 bits per heavy atom. The fourth-order valence-electron chi connectivity index (χ4n) is 1.32. The molecule has 4 heteroatoms. The molecule has 0 aliphatic rings. The van der Waals surface area contributed by atoms with Crippen LogP contribution in [0, 0.1) is 6.92 Å². The highest BCUT2D eigenvalue weighted by atomic mass is 79.9. The molecular formula is C10H7BrO3. The summed E-state index contributed by atoms with van der Waals surface area (Å²) in [5, 5.41) is 9.61. The van der Waals surface area contributed by atoms with E-state index in [0.717, 1.165) is 10.9 Å². The molecule has 2 aromatic rings. The molecule has 3 nitrogen and oxygen atoms in total. The lowest BCUT2D eigenvalue weighted by atomic mass is 10.2. The van der Waals surface area contributed by atoms with Gasteiger partial charge in [0.2, 0.25) is 5.76 Å². The van der Waals surface area contributed by atoms with Crippen LogP contribution in [0.2, 0.25) is 0 Å². The molecule has 1 heterocycles. The van der Waals surface area contributed by atoms with Gasteiger partial charge in [-0.3, -0.25) is 0 Å². The van der Waals surface area contributed by atoms with Gasteiger partial charge in [-0.1, -0.05) is 11.6 Å². The Morgan fingerprint density at radius 1 is 1.50 bits per heavy atom. The quantitative estimate of drug-likeness (QED) is 0.851. The van der Waals surface area contributed by atoms with Gasteiger partial charge in [0.05, 0.1) is 4.47 Å². The maximum absolute atomic E-state index is 10.8. The van der Waals surface area contributed by atoms with Gasteiger partial charge in [-0.25, -0.2) is 4.79 Å². The number of fused-ring (bicyclic) bond motifs is 1. The van der Waals surface area contributed by atoms with Gasteiger partial charge in [-0.15, -0.1) is 0 Å². The second-order valence-corrected chi connectivity index (χ2v) is 3.84. The second-order valence-electron chi connectivity index (χ2n) is 3.05. The third kappa shape index (κ3) is 1.32. The first-order chi connectivity index (χ1) is 6.59. The van der Waals surface area contributed by atoms with Gasteiger partial charge < -0.3 is 9.52 Å². The third-order valence-electron chi connectivity index (χ3n) is 1.98. The highest BCUT2D eigenvalue weighted by Gasteiger charge is 2.17. The molecule has 0 saturated heterocycles. The van der Waals surface area contributed by atoms with Gasteiger partial charge in [-0.05, 0) is 35.0 Å². The van der Waals surface area contributed by atoms with Crippen molar-refractivity contribution in [2.75, 3.05) is 0 Å². The Labute approximate surface area is 88.5 Å². The van der Waals surface area contributed by atoms with Crippen molar-refractivity contribution >= 4 is 32.9 Å². The molecule has 1 aromatic heterocycles. The topological polar surface area (TPSA) is 50.4 Å². The minimum Gasteiger partial charge on any atom is -0.475 e. The standard InChI is InChI=1S/C10H7BrO3/c1-5-2-3-7-6(4-5)8(11)9(14-7)10(12)13/h2-4H,1H3,(H,12,13). The fourth-order valence-corrected chi connectivity index (χ4v) is 1.88. The number of carboxylic acid groups (broad SMARTS) is 1. The van der Waals surface area contributed by atoms with Crippen molar-refractivity contribution < 1.29 is 14.3 Å². The Hall–Kier alpha value is -1.29. The van der Waals surface area contributed by atoms with Crippen LogP contribution in [0.3, 0.4) is 0 Å². The van der Waals surface area contributed by atoms with Crippen LogP contribution in [-0.4, -0.2) is 11.1 Å². The summed E-state index contributed by atoms with van der Waals surface area (Å²) in [5.41, 5.74) is 1.65. The van der Waals surface area contributed by atoms with Crippen LogP contribution >= 0.6 is 15.9 Å². The van der Waals surface area contributed by atoms with Crippen molar-refractivity contribution in [3.63, 3.8) is 0 Å². The van der Waals surface area contributed by atoms with E-state index in [4.69, 9.17) is 9.52 Å². The third-order valence-corrected chi connectivity index (χ3v) is 2.76. The highest BCUT2D eigenvalue weighted by Crippen LogP contribution is 2.31. The largest absolute Gasteiger partial charge is 0.475 e. The summed E-state index contributed by atoms with van der Waals surface area (Å²) in [6.07, 6.45) is 0. The van der Waals surface area contributed by atoms with Crippen molar-refractivity contribution in [1.82, 2.24) is 0 Å². The summed E-state index contributed by atoms with van der Waals surface area (Å²) in [5.74, 6) is -1.11. The van der Waals surface area contributed by atoms with Crippen molar-refractivity contribution in [2.24, 2.45) is 0 Å². The number of carbonyl (C=O) groups is 1. The van der Waals surface area contributed by atoms with Gasteiger partial charge in [0.15, 0.2) is 0 Å². The van der Waals surface area contributed by atoms with Gasteiger partial charge >= 0.3 is 5.97 Å². The Balaban J connectivity index is 2.80. The zero-order valence-corrected chi connectivity index (χ0v) is 8.96. The summed E-state index contributed by atoms with van der Waals surface area (Å²) < 4.78 is 5.67. The molecular weight excluding hydrogens is 248 g/mol. The monoisotopic (exact) mass is 254 g/mol. The molecule has 1 aromatic carbocycles. The lowest BCUT2D eigenvalue weighted by Crippen LogP contribution is -1.93. The average Bonchev–Trinajstić information content (AvgIpc) is 2.44. The summed E-state index contributed by atoms with van der Waals surface area (Å²) in [6, 6.07) is 5.53. The van der Waals surface area contributed by atoms with Crippen molar-refractivity contribution in [3.05, 3.63) is 34.0 Å². The summed E-state index contributed by atoms with van der Waals surface area (Å²) in [7, 11) is 0.